The van der Waals surface area contributed by atoms with Crippen LogP contribution in [0, 0.1) is 19.8 Å². The molecular formula is C38H64ClF2N3O. The highest BCUT2D eigenvalue weighted by Gasteiger charge is 2.26. The molecular weight excluding hydrogens is 588 g/mol. The third-order valence-electron chi connectivity index (χ3n) is 8.68. The van der Waals surface area contributed by atoms with Gasteiger partial charge in [-0.15, -0.1) is 0 Å². The van der Waals surface area contributed by atoms with Crippen LogP contribution in [0.2, 0.25) is 5.02 Å². The lowest BCUT2D eigenvalue weighted by Crippen LogP contribution is -2.33. The second-order valence-corrected chi connectivity index (χ2v) is 12.7. The summed E-state index contributed by atoms with van der Waals surface area (Å²) in [5.41, 5.74) is 11.8. The van der Waals surface area contributed by atoms with Crippen molar-refractivity contribution in [3.05, 3.63) is 57.9 Å². The highest BCUT2D eigenvalue weighted by Crippen LogP contribution is 2.29. The van der Waals surface area contributed by atoms with Gasteiger partial charge in [0.15, 0.2) is 5.78 Å². The van der Waals surface area contributed by atoms with Crippen LogP contribution in [0.1, 0.15) is 129 Å². The third kappa shape index (κ3) is 17.9. The predicted molar refractivity (Wildman–Crippen MR) is 193 cm³/mol. The average molecular weight is 652 g/mol. The summed E-state index contributed by atoms with van der Waals surface area (Å²) in [6, 6.07) is 5.93. The fourth-order valence-electron chi connectivity index (χ4n) is 5.01. The van der Waals surface area contributed by atoms with Crippen molar-refractivity contribution in [2.24, 2.45) is 16.6 Å². The molecule has 0 aromatic heterocycles. The van der Waals surface area contributed by atoms with Gasteiger partial charge in [0.05, 0.1) is 25.1 Å². The van der Waals surface area contributed by atoms with Gasteiger partial charge in [-0.25, -0.2) is 4.39 Å². The molecule has 2 aliphatic rings. The Kier molecular flexibility index (Phi) is 24.7. The number of alkyl halides is 2. The smallest absolute Gasteiger partial charge is 0.154 e. The maximum absolute atomic E-state index is 14.1. The van der Waals surface area contributed by atoms with Crippen LogP contribution in [0.25, 0.3) is 0 Å². The van der Waals surface area contributed by atoms with Gasteiger partial charge in [-0.3, -0.25) is 14.2 Å². The number of nitrogens with two attached hydrogens (primary N) is 1. The van der Waals surface area contributed by atoms with Crippen molar-refractivity contribution in [2.75, 3.05) is 26.8 Å². The van der Waals surface area contributed by atoms with Crippen LogP contribution in [0.5, 0.6) is 0 Å². The molecule has 1 aromatic rings. The number of carbonyl (C=O) groups is 1. The molecule has 2 unspecified atom stereocenters. The van der Waals surface area contributed by atoms with Crippen LogP contribution >= 0.6 is 11.6 Å². The SMILES string of the molecule is C=C(/C(N)=C1\CC(F)CCC1=NCC(=O)CCCCCC(C)CC)N1CCCCC1.CCCC.CF.Cc1cccc(Cl)c1C. The number of aryl methyl sites for hydroxylation is 1. The Balaban J connectivity index is 0.00000106. The van der Waals surface area contributed by atoms with Gasteiger partial charge in [0.1, 0.15) is 6.17 Å². The number of hydrogen-bond donors (Lipinski definition) is 1. The van der Waals surface area contributed by atoms with Gasteiger partial charge in [0.25, 0.3) is 0 Å². The molecule has 0 amide bonds. The maximum atomic E-state index is 14.1. The summed E-state index contributed by atoms with van der Waals surface area (Å²) < 4.78 is 23.6. The highest BCUT2D eigenvalue weighted by atomic mass is 35.5. The van der Waals surface area contributed by atoms with E-state index < -0.39 is 6.17 Å². The van der Waals surface area contributed by atoms with Gasteiger partial charge in [-0.2, -0.15) is 0 Å². The summed E-state index contributed by atoms with van der Waals surface area (Å²) in [4.78, 5) is 19.1. The molecule has 1 aliphatic heterocycles. The van der Waals surface area contributed by atoms with Crippen LogP contribution < -0.4 is 5.73 Å². The normalized spacial score (nSPS) is 18.8. The van der Waals surface area contributed by atoms with Crippen LogP contribution in [0.3, 0.4) is 0 Å². The molecule has 3 rings (SSSR count). The lowest BCUT2D eigenvalue weighted by molar-refractivity contribution is -0.117. The van der Waals surface area contributed by atoms with Crippen molar-refractivity contribution in [3.8, 4) is 0 Å². The minimum absolute atomic E-state index is 0.168. The van der Waals surface area contributed by atoms with Crippen molar-refractivity contribution in [1.82, 2.24) is 4.90 Å². The molecule has 1 aromatic carbocycles. The first-order valence-electron chi connectivity index (χ1n) is 17.3. The minimum Gasteiger partial charge on any atom is -0.397 e. The van der Waals surface area contributed by atoms with Crippen molar-refractivity contribution < 1.29 is 13.6 Å². The van der Waals surface area contributed by atoms with Crippen LogP contribution in [0.4, 0.5) is 8.78 Å². The lowest BCUT2D eigenvalue weighted by atomic mass is 9.89. The first-order valence-corrected chi connectivity index (χ1v) is 17.6. The number of halogens is 3. The maximum Gasteiger partial charge on any atom is 0.154 e. The van der Waals surface area contributed by atoms with E-state index in [1.807, 2.05) is 19.1 Å². The molecule has 1 saturated heterocycles. The number of hydrogen-bond acceptors (Lipinski definition) is 4. The molecule has 0 spiro atoms. The number of ketones is 1. The Morgan fingerprint density at radius 2 is 1.73 bits per heavy atom. The summed E-state index contributed by atoms with van der Waals surface area (Å²) >= 11 is 5.81. The number of aliphatic imine (C=N–C) groups is 1. The van der Waals surface area contributed by atoms with Crippen LogP contribution in [-0.2, 0) is 4.79 Å². The molecule has 45 heavy (non-hydrogen) atoms. The van der Waals surface area contributed by atoms with Crippen LogP contribution in [0.15, 0.2) is 46.7 Å². The van der Waals surface area contributed by atoms with E-state index in [9.17, 15) is 13.6 Å². The molecule has 2 atom stereocenters. The molecule has 7 heteroatoms. The van der Waals surface area contributed by atoms with Crippen molar-refractivity contribution >= 4 is 23.1 Å². The van der Waals surface area contributed by atoms with E-state index in [1.54, 1.807) is 0 Å². The number of likely N-dealkylation sites (tertiary alicyclic amines) is 1. The average Bonchev–Trinajstić information content (AvgIpc) is 3.07. The van der Waals surface area contributed by atoms with E-state index in [2.05, 4.69) is 57.2 Å². The zero-order valence-corrected chi connectivity index (χ0v) is 30.4. The topological polar surface area (TPSA) is 58.7 Å². The zero-order chi connectivity index (χ0) is 34.2. The lowest BCUT2D eigenvalue weighted by Gasteiger charge is -2.32. The van der Waals surface area contributed by atoms with Gasteiger partial charge in [0.2, 0.25) is 0 Å². The Labute approximate surface area is 280 Å². The van der Waals surface area contributed by atoms with E-state index in [0.29, 0.717) is 32.1 Å². The first kappa shape index (κ1) is 42.8. The Morgan fingerprint density at radius 3 is 2.29 bits per heavy atom. The number of piperidine rings is 1. The summed E-state index contributed by atoms with van der Waals surface area (Å²) in [6.45, 7) is 19.2. The van der Waals surface area contributed by atoms with Crippen LogP contribution in [-0.4, -0.2) is 49.4 Å². The van der Waals surface area contributed by atoms with E-state index in [-0.39, 0.29) is 18.7 Å². The van der Waals surface area contributed by atoms with E-state index >= 15 is 0 Å². The standard InChI is InChI=1S/C25H42FN3O.C8H9Cl.C4H10.CH3F/c1-4-19(2)11-7-5-8-12-22(30)18-28-24-14-13-21(26)17-23(24)25(27)20(3)29-15-9-6-10-16-29;1-6-4-3-5-8(9)7(6)2;1-3-4-2;1-2/h19,21H,3-18,27H2,1-2H3;3-5H,1-2H3;3-4H2,1-2H3;1H3/b25-23-,28-24?;;;. The molecule has 0 bridgehead atoms. The monoisotopic (exact) mass is 651 g/mol. The molecule has 1 saturated carbocycles. The van der Waals surface area contributed by atoms with Crippen molar-refractivity contribution in [1.29, 1.82) is 0 Å². The van der Waals surface area contributed by atoms with Gasteiger partial charge in [-0.1, -0.05) is 96.5 Å². The first-order chi connectivity index (χ1) is 21.5. The van der Waals surface area contributed by atoms with Crippen molar-refractivity contribution in [3.63, 3.8) is 0 Å². The molecule has 2 N–H and O–H groups in total. The highest BCUT2D eigenvalue weighted by molar-refractivity contribution is 6.31. The molecule has 2 fully saturated rings. The number of benzene rings is 1. The third-order valence-corrected chi connectivity index (χ3v) is 9.09. The summed E-state index contributed by atoms with van der Waals surface area (Å²) in [7, 11) is 0.500. The van der Waals surface area contributed by atoms with Gasteiger partial charge < -0.3 is 10.6 Å². The number of unbranched alkanes of at least 4 members (excludes halogenated alkanes) is 3. The molecule has 0 radical (unpaired) electrons. The van der Waals surface area contributed by atoms with Gasteiger partial charge >= 0.3 is 0 Å². The zero-order valence-electron chi connectivity index (χ0n) is 29.6. The number of carbonyl (C=O) groups excluding carboxylic acids is 1. The summed E-state index contributed by atoms with van der Waals surface area (Å²) in [6.07, 6.45) is 12.8. The Morgan fingerprint density at radius 1 is 1.09 bits per heavy atom. The minimum atomic E-state index is -0.895. The fraction of sp³-hybridized carbons (Fsp3) is 0.684. The summed E-state index contributed by atoms with van der Waals surface area (Å²) in [5, 5.41) is 0.856. The quantitative estimate of drug-likeness (QED) is 0.229. The van der Waals surface area contributed by atoms with E-state index in [0.717, 1.165) is 66.7 Å². The Hall–Kier alpha value is -2.21. The largest absolute Gasteiger partial charge is 0.397 e. The second-order valence-electron chi connectivity index (χ2n) is 12.3. The molecule has 1 heterocycles. The number of nitrogens with zero attached hydrogens (tertiary/aromatic N) is 2. The number of rotatable bonds is 12. The van der Waals surface area contributed by atoms with Crippen molar-refractivity contribution in [2.45, 2.75) is 138 Å². The Bertz CT molecular complexity index is 1010. The fourth-order valence-corrected chi connectivity index (χ4v) is 5.23. The van der Waals surface area contributed by atoms with Gasteiger partial charge in [0, 0.05) is 42.2 Å². The molecule has 4 nitrogen and oxygen atoms in total. The predicted octanol–water partition coefficient (Wildman–Crippen LogP) is 11.1. The molecule has 258 valence electrons. The number of Topliss-reactive ketones (excluding diaryl/α,β-unsaturated/α-hetero) is 1. The summed E-state index contributed by atoms with van der Waals surface area (Å²) in [5.74, 6) is 0.939. The van der Waals surface area contributed by atoms with Gasteiger partial charge in [-0.05, 0) is 75.5 Å². The van der Waals surface area contributed by atoms with E-state index in [1.165, 1.54) is 49.7 Å². The second kappa shape index (κ2) is 25.9. The van der Waals surface area contributed by atoms with E-state index in [4.69, 9.17) is 17.3 Å². The molecule has 1 aliphatic carbocycles. The number of allylic oxidation sites excluding steroid dienone is 1.